The fourth-order valence-electron chi connectivity index (χ4n) is 2.70. The van der Waals surface area contributed by atoms with Gasteiger partial charge in [-0.3, -0.25) is 4.79 Å². The minimum Gasteiger partial charge on any atom is -0.302 e. The molecule has 1 aliphatic heterocycles. The first-order valence-electron chi connectivity index (χ1n) is 7.78. The molecule has 1 heterocycles. The van der Waals surface area contributed by atoms with Crippen molar-refractivity contribution in [3.05, 3.63) is 35.4 Å². The standard InChI is InChI=1S/C18H27NO/c1-18(2,3)16-8-6-15(7-9-16)5-4-12-19-13-10-17(20)11-14-19/h6-9H,4-5,10-14H2,1-3H3. The average molecular weight is 273 g/mol. The molecule has 110 valence electrons. The highest BCUT2D eigenvalue weighted by Gasteiger charge is 2.15. The summed E-state index contributed by atoms with van der Waals surface area (Å²) in [5.41, 5.74) is 3.06. The number of piperidine rings is 1. The lowest BCUT2D eigenvalue weighted by molar-refractivity contribution is -0.121. The first-order valence-corrected chi connectivity index (χ1v) is 7.78. The molecular formula is C18H27NO. The van der Waals surface area contributed by atoms with Crippen molar-refractivity contribution >= 4 is 5.78 Å². The van der Waals surface area contributed by atoms with Crippen LogP contribution in [0.3, 0.4) is 0 Å². The normalized spacial score (nSPS) is 17.4. The summed E-state index contributed by atoms with van der Waals surface area (Å²) in [6.07, 6.45) is 3.82. The molecule has 20 heavy (non-hydrogen) atoms. The first kappa shape index (κ1) is 15.2. The second kappa shape index (κ2) is 6.53. The van der Waals surface area contributed by atoms with Crippen molar-refractivity contribution in [3.63, 3.8) is 0 Å². The van der Waals surface area contributed by atoms with Gasteiger partial charge in [-0.25, -0.2) is 0 Å². The van der Waals surface area contributed by atoms with Gasteiger partial charge in [-0.05, 0) is 35.9 Å². The molecule has 0 aliphatic carbocycles. The number of Topliss-reactive ketones (excluding diaryl/α,β-unsaturated/α-hetero) is 1. The molecule has 2 nitrogen and oxygen atoms in total. The molecule has 1 saturated heterocycles. The van der Waals surface area contributed by atoms with E-state index in [4.69, 9.17) is 0 Å². The van der Waals surface area contributed by atoms with E-state index in [0.717, 1.165) is 38.9 Å². The summed E-state index contributed by atoms with van der Waals surface area (Å²) in [6.45, 7) is 9.79. The molecule has 0 saturated carbocycles. The van der Waals surface area contributed by atoms with Crippen LogP contribution in [0.15, 0.2) is 24.3 Å². The second-order valence-corrected chi connectivity index (χ2v) is 6.93. The number of ketones is 1. The zero-order valence-electron chi connectivity index (χ0n) is 13.1. The Bertz CT molecular complexity index is 431. The predicted molar refractivity (Wildman–Crippen MR) is 84.1 cm³/mol. The smallest absolute Gasteiger partial charge is 0.135 e. The van der Waals surface area contributed by atoms with Gasteiger partial charge in [0.15, 0.2) is 0 Å². The maximum atomic E-state index is 11.2. The molecule has 0 N–H and O–H groups in total. The number of likely N-dealkylation sites (tertiary alicyclic amines) is 1. The number of nitrogens with zero attached hydrogens (tertiary/aromatic N) is 1. The SMILES string of the molecule is CC(C)(C)c1ccc(CCCN2CCC(=O)CC2)cc1. The Kier molecular flexibility index (Phi) is 4.98. The Balaban J connectivity index is 1.75. The number of hydrogen-bond donors (Lipinski definition) is 0. The lowest BCUT2D eigenvalue weighted by Crippen LogP contribution is -2.34. The number of benzene rings is 1. The van der Waals surface area contributed by atoms with Gasteiger partial charge in [-0.1, -0.05) is 45.0 Å². The van der Waals surface area contributed by atoms with Crippen molar-refractivity contribution in [3.8, 4) is 0 Å². The summed E-state index contributed by atoms with van der Waals surface area (Å²) in [5.74, 6) is 0.430. The van der Waals surface area contributed by atoms with E-state index in [9.17, 15) is 4.79 Å². The van der Waals surface area contributed by atoms with Gasteiger partial charge in [0.1, 0.15) is 5.78 Å². The third-order valence-electron chi connectivity index (χ3n) is 4.17. The number of rotatable bonds is 4. The number of carbonyl (C=O) groups is 1. The van der Waals surface area contributed by atoms with Crippen molar-refractivity contribution in [1.29, 1.82) is 0 Å². The van der Waals surface area contributed by atoms with E-state index in [0.29, 0.717) is 5.78 Å². The van der Waals surface area contributed by atoms with Crippen molar-refractivity contribution in [2.45, 2.75) is 51.9 Å². The minimum atomic E-state index is 0.235. The zero-order valence-corrected chi connectivity index (χ0v) is 13.1. The topological polar surface area (TPSA) is 20.3 Å². The van der Waals surface area contributed by atoms with E-state index >= 15 is 0 Å². The van der Waals surface area contributed by atoms with Crippen molar-refractivity contribution in [1.82, 2.24) is 4.90 Å². The Morgan fingerprint density at radius 3 is 2.20 bits per heavy atom. The minimum absolute atomic E-state index is 0.235. The lowest BCUT2D eigenvalue weighted by atomic mass is 9.86. The van der Waals surface area contributed by atoms with Crippen LogP contribution >= 0.6 is 0 Å². The zero-order chi connectivity index (χ0) is 14.6. The van der Waals surface area contributed by atoms with Crippen molar-refractivity contribution < 1.29 is 4.79 Å². The number of hydrogen-bond acceptors (Lipinski definition) is 2. The van der Waals surface area contributed by atoms with Crippen LogP contribution in [0.4, 0.5) is 0 Å². The van der Waals surface area contributed by atoms with Gasteiger partial charge in [-0.2, -0.15) is 0 Å². The van der Waals surface area contributed by atoms with Crippen LogP contribution in [0.25, 0.3) is 0 Å². The van der Waals surface area contributed by atoms with Crippen molar-refractivity contribution in [2.75, 3.05) is 19.6 Å². The summed E-state index contributed by atoms with van der Waals surface area (Å²) in [5, 5.41) is 0. The molecular weight excluding hydrogens is 246 g/mol. The third kappa shape index (κ3) is 4.45. The molecule has 0 unspecified atom stereocenters. The quantitative estimate of drug-likeness (QED) is 0.835. The summed E-state index contributed by atoms with van der Waals surface area (Å²) >= 11 is 0. The highest BCUT2D eigenvalue weighted by atomic mass is 16.1. The van der Waals surface area contributed by atoms with Gasteiger partial charge in [0, 0.05) is 25.9 Å². The molecule has 0 radical (unpaired) electrons. The van der Waals surface area contributed by atoms with E-state index in [1.807, 2.05) is 0 Å². The maximum absolute atomic E-state index is 11.2. The number of aryl methyl sites for hydroxylation is 1. The van der Waals surface area contributed by atoms with Gasteiger partial charge in [0.2, 0.25) is 0 Å². The van der Waals surface area contributed by atoms with E-state index in [-0.39, 0.29) is 5.41 Å². The van der Waals surface area contributed by atoms with Gasteiger partial charge in [0.05, 0.1) is 0 Å². The molecule has 1 aliphatic rings. The Labute approximate surface area is 123 Å². The Morgan fingerprint density at radius 1 is 1.05 bits per heavy atom. The van der Waals surface area contributed by atoms with Crippen LogP contribution < -0.4 is 0 Å². The van der Waals surface area contributed by atoms with E-state index in [2.05, 4.69) is 49.9 Å². The van der Waals surface area contributed by atoms with Gasteiger partial charge in [-0.15, -0.1) is 0 Å². The molecule has 0 amide bonds. The van der Waals surface area contributed by atoms with Crippen LogP contribution in [-0.2, 0) is 16.6 Å². The maximum Gasteiger partial charge on any atom is 0.135 e. The van der Waals surface area contributed by atoms with Gasteiger partial charge >= 0.3 is 0 Å². The molecule has 2 rings (SSSR count). The van der Waals surface area contributed by atoms with Crippen molar-refractivity contribution in [2.24, 2.45) is 0 Å². The average Bonchev–Trinajstić information content (AvgIpc) is 2.41. The molecule has 0 spiro atoms. The monoisotopic (exact) mass is 273 g/mol. The summed E-state index contributed by atoms with van der Waals surface area (Å²) < 4.78 is 0. The Hall–Kier alpha value is -1.15. The summed E-state index contributed by atoms with van der Waals surface area (Å²) in [6, 6.07) is 9.05. The van der Waals surface area contributed by atoms with Crippen LogP contribution in [0.2, 0.25) is 0 Å². The first-order chi connectivity index (χ1) is 9.45. The molecule has 1 aromatic rings. The van der Waals surface area contributed by atoms with Crippen LogP contribution in [0.5, 0.6) is 0 Å². The highest BCUT2D eigenvalue weighted by molar-refractivity contribution is 5.79. The largest absolute Gasteiger partial charge is 0.302 e. The number of carbonyl (C=O) groups excluding carboxylic acids is 1. The van der Waals surface area contributed by atoms with Crippen LogP contribution in [0, 0.1) is 0 Å². The summed E-state index contributed by atoms with van der Waals surface area (Å²) in [4.78, 5) is 13.6. The van der Waals surface area contributed by atoms with Crippen LogP contribution in [-0.4, -0.2) is 30.3 Å². The molecule has 0 bridgehead atoms. The molecule has 0 aromatic heterocycles. The highest BCUT2D eigenvalue weighted by Crippen LogP contribution is 2.22. The lowest BCUT2D eigenvalue weighted by Gasteiger charge is -2.25. The predicted octanol–water partition coefficient (Wildman–Crippen LogP) is 3.58. The Morgan fingerprint density at radius 2 is 1.65 bits per heavy atom. The van der Waals surface area contributed by atoms with E-state index < -0.39 is 0 Å². The fourth-order valence-corrected chi connectivity index (χ4v) is 2.70. The fraction of sp³-hybridized carbons (Fsp3) is 0.611. The van der Waals surface area contributed by atoms with Gasteiger partial charge in [0.25, 0.3) is 0 Å². The van der Waals surface area contributed by atoms with E-state index in [1.165, 1.54) is 17.5 Å². The second-order valence-electron chi connectivity index (χ2n) is 6.93. The molecule has 0 atom stereocenters. The van der Waals surface area contributed by atoms with Gasteiger partial charge < -0.3 is 4.90 Å². The van der Waals surface area contributed by atoms with Crippen LogP contribution in [0.1, 0.15) is 51.2 Å². The third-order valence-corrected chi connectivity index (χ3v) is 4.17. The molecule has 2 heteroatoms. The summed E-state index contributed by atoms with van der Waals surface area (Å²) in [7, 11) is 0. The molecule has 1 aromatic carbocycles. The molecule has 1 fully saturated rings. The van der Waals surface area contributed by atoms with E-state index in [1.54, 1.807) is 0 Å².